The summed E-state index contributed by atoms with van der Waals surface area (Å²) in [6, 6.07) is 4.65. The second-order valence-corrected chi connectivity index (χ2v) is 5.91. The third-order valence-corrected chi connectivity index (χ3v) is 3.81. The van der Waals surface area contributed by atoms with Gasteiger partial charge in [0.2, 0.25) is 0 Å². The quantitative estimate of drug-likeness (QED) is 0.883. The number of rotatable bonds is 5. The highest BCUT2D eigenvalue weighted by Crippen LogP contribution is 2.20. The van der Waals surface area contributed by atoms with Gasteiger partial charge in [0, 0.05) is 34.7 Å². The Morgan fingerprint density at radius 2 is 2.29 bits per heavy atom. The summed E-state index contributed by atoms with van der Waals surface area (Å²) in [7, 11) is 0. The topological polar surface area (TPSA) is 29.9 Å². The molecule has 0 saturated heterocycles. The van der Waals surface area contributed by atoms with Crippen molar-refractivity contribution in [2.24, 2.45) is 0 Å². The summed E-state index contributed by atoms with van der Waals surface area (Å²) < 4.78 is 1.96. The van der Waals surface area contributed by atoms with Crippen molar-refractivity contribution in [3.8, 4) is 0 Å². The standard InChI is InChI=1S/C13H19N3S/c1-10(9-16-6-4-5-15-16)14-8-13-7-11(2)17-12(13)3/h4-7,10,14H,8-9H2,1-3H3. The molecule has 0 fully saturated rings. The van der Waals surface area contributed by atoms with Gasteiger partial charge >= 0.3 is 0 Å². The first-order valence-corrected chi connectivity index (χ1v) is 6.73. The molecule has 4 heteroatoms. The van der Waals surface area contributed by atoms with Crippen LogP contribution in [0.5, 0.6) is 0 Å². The highest BCUT2D eigenvalue weighted by atomic mass is 32.1. The third-order valence-electron chi connectivity index (χ3n) is 2.80. The van der Waals surface area contributed by atoms with Crippen LogP contribution < -0.4 is 5.32 Å². The molecule has 0 radical (unpaired) electrons. The number of hydrogen-bond acceptors (Lipinski definition) is 3. The first-order chi connectivity index (χ1) is 8.15. The van der Waals surface area contributed by atoms with Gasteiger partial charge < -0.3 is 5.32 Å². The number of thiophene rings is 1. The molecule has 0 saturated carbocycles. The zero-order chi connectivity index (χ0) is 12.3. The summed E-state index contributed by atoms with van der Waals surface area (Å²) in [4.78, 5) is 2.81. The summed E-state index contributed by atoms with van der Waals surface area (Å²) >= 11 is 1.87. The Morgan fingerprint density at radius 3 is 2.88 bits per heavy atom. The van der Waals surface area contributed by atoms with Gasteiger partial charge in [0.15, 0.2) is 0 Å². The van der Waals surface area contributed by atoms with Crippen molar-refractivity contribution in [3.05, 3.63) is 39.8 Å². The molecule has 2 heterocycles. The van der Waals surface area contributed by atoms with E-state index in [4.69, 9.17) is 0 Å². The number of nitrogens with one attached hydrogen (secondary N) is 1. The lowest BCUT2D eigenvalue weighted by Gasteiger charge is -2.13. The zero-order valence-electron chi connectivity index (χ0n) is 10.6. The maximum Gasteiger partial charge on any atom is 0.0560 e. The van der Waals surface area contributed by atoms with E-state index >= 15 is 0 Å². The average Bonchev–Trinajstić information content (AvgIpc) is 2.86. The molecule has 1 N–H and O–H groups in total. The second kappa shape index (κ2) is 5.47. The van der Waals surface area contributed by atoms with Crippen molar-refractivity contribution in [3.63, 3.8) is 0 Å². The molecule has 0 spiro atoms. The van der Waals surface area contributed by atoms with Crippen LogP contribution in [0, 0.1) is 13.8 Å². The number of aromatic nitrogens is 2. The van der Waals surface area contributed by atoms with Gasteiger partial charge in [-0.05, 0) is 38.5 Å². The Morgan fingerprint density at radius 1 is 1.47 bits per heavy atom. The van der Waals surface area contributed by atoms with Gasteiger partial charge in [0.05, 0.1) is 6.54 Å². The summed E-state index contributed by atoms with van der Waals surface area (Å²) in [6.07, 6.45) is 3.82. The minimum atomic E-state index is 0.425. The van der Waals surface area contributed by atoms with E-state index in [1.54, 1.807) is 0 Å². The molecule has 0 bridgehead atoms. The normalized spacial score (nSPS) is 12.9. The van der Waals surface area contributed by atoms with Crippen LogP contribution in [-0.2, 0) is 13.1 Å². The van der Waals surface area contributed by atoms with Gasteiger partial charge in [0.25, 0.3) is 0 Å². The SMILES string of the molecule is Cc1cc(CNC(C)Cn2cccn2)c(C)s1. The fraction of sp³-hybridized carbons (Fsp3) is 0.462. The van der Waals surface area contributed by atoms with Gasteiger partial charge in [0.1, 0.15) is 0 Å². The van der Waals surface area contributed by atoms with Gasteiger partial charge in [-0.1, -0.05) is 0 Å². The zero-order valence-corrected chi connectivity index (χ0v) is 11.4. The Balaban J connectivity index is 1.84. The van der Waals surface area contributed by atoms with E-state index in [1.807, 2.05) is 34.5 Å². The Bertz CT molecular complexity index is 459. The van der Waals surface area contributed by atoms with E-state index in [1.165, 1.54) is 15.3 Å². The van der Waals surface area contributed by atoms with Crippen molar-refractivity contribution >= 4 is 11.3 Å². The van der Waals surface area contributed by atoms with Crippen LogP contribution in [0.25, 0.3) is 0 Å². The summed E-state index contributed by atoms with van der Waals surface area (Å²) in [5, 5.41) is 7.75. The van der Waals surface area contributed by atoms with Crippen LogP contribution in [0.3, 0.4) is 0 Å². The molecule has 17 heavy (non-hydrogen) atoms. The van der Waals surface area contributed by atoms with Gasteiger partial charge in [-0.2, -0.15) is 5.10 Å². The largest absolute Gasteiger partial charge is 0.308 e. The molecule has 92 valence electrons. The fourth-order valence-electron chi connectivity index (χ4n) is 1.90. The van der Waals surface area contributed by atoms with Crippen molar-refractivity contribution < 1.29 is 0 Å². The summed E-state index contributed by atoms with van der Waals surface area (Å²) in [5.74, 6) is 0. The number of nitrogens with zero attached hydrogens (tertiary/aromatic N) is 2. The Hall–Kier alpha value is -1.13. The molecule has 2 aromatic heterocycles. The van der Waals surface area contributed by atoms with Crippen molar-refractivity contribution in [1.82, 2.24) is 15.1 Å². The van der Waals surface area contributed by atoms with E-state index in [0.29, 0.717) is 6.04 Å². The van der Waals surface area contributed by atoms with Crippen molar-refractivity contribution in [2.45, 2.75) is 39.9 Å². The van der Waals surface area contributed by atoms with Crippen LogP contribution >= 0.6 is 11.3 Å². The van der Waals surface area contributed by atoms with Crippen LogP contribution in [-0.4, -0.2) is 15.8 Å². The maximum atomic E-state index is 4.21. The summed E-state index contributed by atoms with van der Waals surface area (Å²) in [5.41, 5.74) is 1.42. The predicted molar refractivity (Wildman–Crippen MR) is 72.3 cm³/mol. The van der Waals surface area contributed by atoms with Crippen LogP contribution in [0.2, 0.25) is 0 Å². The molecule has 1 atom stereocenters. The molecular weight excluding hydrogens is 230 g/mol. The molecule has 2 aromatic rings. The van der Waals surface area contributed by atoms with Gasteiger partial charge in [-0.15, -0.1) is 11.3 Å². The maximum absolute atomic E-state index is 4.21. The molecule has 0 amide bonds. The molecular formula is C13H19N3S. The molecule has 3 nitrogen and oxygen atoms in total. The average molecular weight is 249 g/mol. The fourth-order valence-corrected chi connectivity index (χ4v) is 2.84. The predicted octanol–water partition coefficient (Wildman–Crippen LogP) is 2.74. The number of aryl methyl sites for hydroxylation is 2. The molecule has 0 aliphatic heterocycles. The lowest BCUT2D eigenvalue weighted by molar-refractivity contribution is 0.450. The molecule has 0 aromatic carbocycles. The van der Waals surface area contributed by atoms with Crippen molar-refractivity contribution in [1.29, 1.82) is 0 Å². The molecule has 0 aliphatic rings. The molecule has 1 unspecified atom stereocenters. The smallest absolute Gasteiger partial charge is 0.0560 e. The van der Waals surface area contributed by atoms with E-state index in [-0.39, 0.29) is 0 Å². The van der Waals surface area contributed by atoms with Crippen LogP contribution in [0.1, 0.15) is 22.2 Å². The lowest BCUT2D eigenvalue weighted by Crippen LogP contribution is -2.30. The Labute approximate surface area is 106 Å². The first kappa shape index (κ1) is 12.3. The highest BCUT2D eigenvalue weighted by molar-refractivity contribution is 7.12. The van der Waals surface area contributed by atoms with E-state index in [0.717, 1.165) is 13.1 Å². The molecule has 2 rings (SSSR count). The second-order valence-electron chi connectivity index (χ2n) is 4.45. The third kappa shape index (κ3) is 3.41. The summed E-state index contributed by atoms with van der Waals surface area (Å²) in [6.45, 7) is 8.39. The van der Waals surface area contributed by atoms with E-state index < -0.39 is 0 Å². The van der Waals surface area contributed by atoms with E-state index in [2.05, 4.69) is 37.3 Å². The lowest BCUT2D eigenvalue weighted by atomic mass is 10.2. The highest BCUT2D eigenvalue weighted by Gasteiger charge is 2.06. The number of hydrogen-bond donors (Lipinski definition) is 1. The van der Waals surface area contributed by atoms with Crippen LogP contribution in [0.4, 0.5) is 0 Å². The van der Waals surface area contributed by atoms with Gasteiger partial charge in [-0.3, -0.25) is 4.68 Å². The monoisotopic (exact) mass is 249 g/mol. The van der Waals surface area contributed by atoms with Crippen molar-refractivity contribution in [2.75, 3.05) is 0 Å². The minimum absolute atomic E-state index is 0.425. The van der Waals surface area contributed by atoms with Gasteiger partial charge in [-0.25, -0.2) is 0 Å². The minimum Gasteiger partial charge on any atom is -0.308 e. The molecule has 0 aliphatic carbocycles. The first-order valence-electron chi connectivity index (χ1n) is 5.92. The van der Waals surface area contributed by atoms with E-state index in [9.17, 15) is 0 Å². The van der Waals surface area contributed by atoms with Crippen LogP contribution in [0.15, 0.2) is 24.5 Å². The Kier molecular flexibility index (Phi) is 3.97.